The molecule has 2 atom stereocenters. The van der Waals surface area contributed by atoms with Gasteiger partial charge < -0.3 is 15.0 Å². The summed E-state index contributed by atoms with van der Waals surface area (Å²) in [7, 11) is -3.14. The zero-order valence-corrected chi connectivity index (χ0v) is 28.5. The number of nitro groups is 1. The number of aryl methyl sites for hydroxylation is 1. The van der Waals surface area contributed by atoms with Crippen LogP contribution in [-0.2, 0) is 32.6 Å². The van der Waals surface area contributed by atoms with Crippen molar-refractivity contribution in [1.29, 1.82) is 0 Å². The molecule has 0 spiro atoms. The van der Waals surface area contributed by atoms with Gasteiger partial charge in [-0.1, -0.05) is 55.5 Å². The van der Waals surface area contributed by atoms with Crippen molar-refractivity contribution >= 4 is 33.2 Å². The third-order valence-corrected chi connectivity index (χ3v) is 9.91. The molecular weight excluding hydrogens is 651 g/mol. The van der Waals surface area contributed by atoms with Gasteiger partial charge in [0.05, 0.1) is 22.6 Å². The highest BCUT2D eigenvalue weighted by molar-refractivity contribution is 7.92. The molecule has 4 aromatic carbocycles. The highest BCUT2D eigenvalue weighted by atomic mass is 32.2. The lowest BCUT2D eigenvalue weighted by atomic mass is 10.0. The highest BCUT2D eigenvalue weighted by Crippen LogP contribution is 2.30. The molecule has 0 aliphatic heterocycles. The average Bonchev–Trinajstić information content (AvgIpc) is 3.09. The summed E-state index contributed by atoms with van der Waals surface area (Å²) in [5, 5.41) is 14.7. The summed E-state index contributed by atoms with van der Waals surface area (Å²) in [6.07, 6.45) is 0.734. The fraction of sp³-hybridized carbons (Fsp3) is 0.278. The lowest BCUT2D eigenvalue weighted by Gasteiger charge is -2.34. The Kier molecular flexibility index (Phi) is 12.1. The fourth-order valence-corrected chi connectivity index (χ4v) is 6.57. The van der Waals surface area contributed by atoms with Crippen molar-refractivity contribution in [1.82, 2.24) is 10.2 Å². The van der Waals surface area contributed by atoms with Crippen molar-refractivity contribution in [2.45, 2.75) is 57.1 Å². The maximum Gasteiger partial charge on any atom is 0.273 e. The molecule has 0 saturated carbocycles. The van der Waals surface area contributed by atoms with Gasteiger partial charge in [0.15, 0.2) is 0 Å². The number of hydrogen-bond donors (Lipinski definition) is 1. The van der Waals surface area contributed by atoms with Gasteiger partial charge in [0.25, 0.3) is 15.7 Å². The van der Waals surface area contributed by atoms with E-state index in [0.717, 1.165) is 15.9 Å². The monoisotopic (exact) mass is 690 g/mol. The van der Waals surface area contributed by atoms with Gasteiger partial charge in [-0.2, -0.15) is 0 Å². The molecule has 0 aliphatic rings. The van der Waals surface area contributed by atoms with Crippen molar-refractivity contribution in [3.05, 3.63) is 130 Å². The zero-order chi connectivity index (χ0) is 35.7. The molecule has 13 heteroatoms. The molecule has 0 aliphatic carbocycles. The van der Waals surface area contributed by atoms with Gasteiger partial charge in [0, 0.05) is 30.6 Å². The molecule has 4 aromatic rings. The van der Waals surface area contributed by atoms with Crippen LogP contribution in [0.1, 0.15) is 37.0 Å². The third kappa shape index (κ3) is 9.20. The highest BCUT2D eigenvalue weighted by Gasteiger charge is 2.35. The quantitative estimate of drug-likeness (QED) is 0.123. The van der Waals surface area contributed by atoms with E-state index in [-0.39, 0.29) is 30.3 Å². The number of benzene rings is 4. The average molecular weight is 691 g/mol. The number of anilines is 1. The van der Waals surface area contributed by atoms with E-state index in [1.165, 1.54) is 79.6 Å². The van der Waals surface area contributed by atoms with Gasteiger partial charge in [0.1, 0.15) is 24.2 Å². The topological polar surface area (TPSA) is 139 Å². The Morgan fingerprint density at radius 3 is 2.20 bits per heavy atom. The summed E-state index contributed by atoms with van der Waals surface area (Å²) < 4.78 is 48.5. The molecule has 2 amide bonds. The van der Waals surface area contributed by atoms with E-state index in [2.05, 4.69) is 5.32 Å². The first-order valence-corrected chi connectivity index (χ1v) is 17.1. The first-order valence-electron chi connectivity index (χ1n) is 15.6. The number of carbonyl (C=O) groups excluding carboxylic acids is 2. The number of nitrogens with zero attached hydrogens (tertiary/aromatic N) is 3. The Labute approximate surface area is 285 Å². The van der Waals surface area contributed by atoms with Crippen LogP contribution in [0.15, 0.2) is 102 Å². The van der Waals surface area contributed by atoms with Crippen LogP contribution in [0.5, 0.6) is 5.75 Å². The number of amides is 2. The van der Waals surface area contributed by atoms with Crippen LogP contribution in [0.25, 0.3) is 0 Å². The zero-order valence-electron chi connectivity index (χ0n) is 27.7. The van der Waals surface area contributed by atoms with Crippen molar-refractivity contribution in [3.8, 4) is 5.75 Å². The summed E-state index contributed by atoms with van der Waals surface area (Å²) in [6, 6.07) is 22.7. The molecule has 0 saturated heterocycles. The van der Waals surface area contributed by atoms with E-state index < -0.39 is 55.7 Å². The maximum atomic E-state index is 14.6. The predicted molar refractivity (Wildman–Crippen MR) is 184 cm³/mol. The summed E-state index contributed by atoms with van der Waals surface area (Å²) in [6.45, 7) is 4.33. The number of nitrogens with one attached hydrogen (secondary N) is 1. The van der Waals surface area contributed by atoms with Gasteiger partial charge in [-0.25, -0.2) is 12.8 Å². The van der Waals surface area contributed by atoms with Crippen molar-refractivity contribution in [2.24, 2.45) is 0 Å². The normalized spacial score (nSPS) is 12.4. The lowest BCUT2D eigenvalue weighted by molar-refractivity contribution is -0.385. The number of methoxy groups -OCH3 is 1. The Hall–Kier alpha value is -5.30. The molecule has 0 heterocycles. The second-order valence-electron chi connectivity index (χ2n) is 11.6. The van der Waals surface area contributed by atoms with Crippen LogP contribution in [-0.4, -0.2) is 55.8 Å². The second kappa shape index (κ2) is 16.2. The third-order valence-electron chi connectivity index (χ3n) is 8.14. The van der Waals surface area contributed by atoms with Crippen LogP contribution in [0.4, 0.5) is 15.8 Å². The molecule has 4 rings (SSSR count). The summed E-state index contributed by atoms with van der Waals surface area (Å²) in [4.78, 5) is 40.4. The number of rotatable bonds is 15. The Morgan fingerprint density at radius 2 is 1.61 bits per heavy atom. The minimum Gasteiger partial charge on any atom is -0.497 e. The number of sulfonamides is 1. The van der Waals surface area contributed by atoms with E-state index in [1.807, 2.05) is 44.2 Å². The van der Waals surface area contributed by atoms with E-state index in [9.17, 15) is 32.5 Å². The van der Waals surface area contributed by atoms with Crippen molar-refractivity contribution in [2.75, 3.05) is 18.0 Å². The van der Waals surface area contributed by atoms with E-state index in [0.29, 0.717) is 17.7 Å². The molecule has 0 bridgehead atoms. The first kappa shape index (κ1) is 36.5. The molecule has 49 heavy (non-hydrogen) atoms. The van der Waals surface area contributed by atoms with E-state index in [1.54, 1.807) is 0 Å². The first-order chi connectivity index (χ1) is 23.3. The fourth-order valence-electron chi connectivity index (χ4n) is 5.13. The summed E-state index contributed by atoms with van der Waals surface area (Å²) in [5.74, 6) is -1.23. The van der Waals surface area contributed by atoms with Gasteiger partial charge in [-0.05, 0) is 73.9 Å². The van der Waals surface area contributed by atoms with E-state index >= 15 is 0 Å². The molecular formula is C36H39FN4O7S. The molecule has 1 N–H and O–H groups in total. The van der Waals surface area contributed by atoms with Gasteiger partial charge >= 0.3 is 0 Å². The standard InChI is InChI=1S/C36H39FN4O7S/c1-5-26(3)38-36(43)34(21-27-9-7-6-8-10-27)39(23-28-12-14-29(37)15-13-28)35(42)24-40(30-16-18-31(48-4)19-17-30)49(46,47)32-20-11-25(2)33(22-32)41(44)45/h6-20,22,26,34H,5,21,23-24H2,1-4H3,(H,38,43)/t26-,34+/m0/s1. The van der Waals surface area contributed by atoms with Gasteiger partial charge in [-0.3, -0.25) is 24.0 Å². The number of halogens is 1. The molecule has 0 aromatic heterocycles. The summed E-state index contributed by atoms with van der Waals surface area (Å²) >= 11 is 0. The molecule has 0 fully saturated rings. The van der Waals surface area contributed by atoms with Crippen LogP contribution < -0.4 is 14.4 Å². The van der Waals surface area contributed by atoms with Crippen LogP contribution in [0.2, 0.25) is 0 Å². The van der Waals surface area contributed by atoms with Crippen LogP contribution >= 0.6 is 0 Å². The molecule has 0 unspecified atom stereocenters. The molecule has 11 nitrogen and oxygen atoms in total. The Balaban J connectivity index is 1.84. The van der Waals surface area contributed by atoms with Gasteiger partial charge in [-0.15, -0.1) is 0 Å². The second-order valence-corrected chi connectivity index (χ2v) is 13.4. The van der Waals surface area contributed by atoms with Gasteiger partial charge in [0.2, 0.25) is 11.8 Å². The molecule has 0 radical (unpaired) electrons. The van der Waals surface area contributed by atoms with Crippen LogP contribution in [0.3, 0.4) is 0 Å². The van der Waals surface area contributed by atoms with Crippen molar-refractivity contribution < 1.29 is 32.1 Å². The molecule has 258 valence electrons. The Morgan fingerprint density at radius 1 is 0.959 bits per heavy atom. The number of ether oxygens (including phenoxy) is 1. The van der Waals surface area contributed by atoms with Crippen molar-refractivity contribution in [3.63, 3.8) is 0 Å². The lowest BCUT2D eigenvalue weighted by Crippen LogP contribution is -2.54. The minimum atomic E-state index is -4.59. The van der Waals surface area contributed by atoms with Crippen LogP contribution in [0, 0.1) is 22.9 Å². The number of carbonyl (C=O) groups is 2. The summed E-state index contributed by atoms with van der Waals surface area (Å²) in [5.41, 5.74) is 1.22. The predicted octanol–water partition coefficient (Wildman–Crippen LogP) is 5.80. The smallest absolute Gasteiger partial charge is 0.273 e. The number of hydrogen-bond acceptors (Lipinski definition) is 7. The Bertz CT molecular complexity index is 1870. The minimum absolute atomic E-state index is 0.0859. The van der Waals surface area contributed by atoms with E-state index in [4.69, 9.17) is 4.74 Å². The largest absolute Gasteiger partial charge is 0.497 e. The number of nitro benzene ring substituents is 1. The SMILES string of the molecule is CC[C@H](C)NC(=O)[C@@H](Cc1ccccc1)N(Cc1ccc(F)cc1)C(=O)CN(c1ccc(OC)cc1)S(=O)(=O)c1ccc(C)c([N+](=O)[O-])c1. The maximum absolute atomic E-state index is 14.6.